The Balaban J connectivity index is 3.08. The highest BCUT2D eigenvalue weighted by atomic mass is 127. The minimum absolute atomic E-state index is 0.259. The lowest BCUT2D eigenvalue weighted by atomic mass is 10.4. The number of hydrogen-bond acceptors (Lipinski definition) is 2. The van der Waals surface area contributed by atoms with Gasteiger partial charge < -0.3 is 5.11 Å². The van der Waals surface area contributed by atoms with E-state index in [1.165, 1.54) is 0 Å². The third-order valence-electron chi connectivity index (χ3n) is 0.948. The van der Waals surface area contributed by atoms with E-state index in [9.17, 15) is 13.2 Å². The Kier molecular flexibility index (Phi) is 2.33. The van der Waals surface area contributed by atoms with E-state index < -0.39 is 11.1 Å². The average molecular weight is 294 g/mol. The van der Waals surface area contributed by atoms with Crippen molar-refractivity contribution in [2.75, 3.05) is 0 Å². The quantitative estimate of drug-likeness (QED) is 0.729. The molecule has 0 aliphatic carbocycles. The van der Waals surface area contributed by atoms with E-state index in [0.717, 1.165) is 6.07 Å². The number of rotatable bonds is 0. The van der Waals surface area contributed by atoms with Crippen LogP contribution in [0.2, 0.25) is 0 Å². The van der Waals surface area contributed by atoms with Crippen LogP contribution in [0.15, 0.2) is 6.07 Å². The number of hydrogen-bond donors (Lipinski definition) is 1. The molecule has 0 bridgehead atoms. The number of halogens is 4. The Labute approximate surface area is 78.0 Å². The van der Waals surface area contributed by atoms with Gasteiger partial charge in [-0.15, -0.1) is 11.3 Å². The second-order valence-corrected chi connectivity index (χ2v) is 4.63. The molecule has 1 N–H and O–H groups in total. The minimum Gasteiger partial charge on any atom is -0.506 e. The normalized spacial score (nSPS) is 12.0. The molecule has 0 spiro atoms. The molecule has 62 valence electrons. The van der Waals surface area contributed by atoms with Crippen molar-refractivity contribution in [3.8, 4) is 5.75 Å². The van der Waals surface area contributed by atoms with E-state index in [1.807, 2.05) is 0 Å². The summed E-state index contributed by atoms with van der Waals surface area (Å²) in [6.45, 7) is 0. The van der Waals surface area contributed by atoms with Crippen LogP contribution < -0.4 is 0 Å². The second-order valence-electron chi connectivity index (χ2n) is 1.77. The first-order chi connectivity index (χ1) is 4.91. The van der Waals surface area contributed by atoms with Crippen molar-refractivity contribution >= 4 is 33.9 Å². The number of thiophene rings is 1. The Morgan fingerprint density at radius 2 is 2.00 bits per heavy atom. The molecule has 0 saturated heterocycles. The van der Waals surface area contributed by atoms with E-state index in [1.54, 1.807) is 22.6 Å². The van der Waals surface area contributed by atoms with Crippen LogP contribution in [0.25, 0.3) is 0 Å². The lowest BCUT2D eigenvalue weighted by molar-refractivity contribution is -0.134. The number of alkyl halides is 3. The Bertz CT molecular complexity index is 248. The molecule has 11 heavy (non-hydrogen) atoms. The topological polar surface area (TPSA) is 20.2 Å². The summed E-state index contributed by atoms with van der Waals surface area (Å²) < 4.78 is 35.9. The van der Waals surface area contributed by atoms with Gasteiger partial charge in [-0.2, -0.15) is 13.2 Å². The third-order valence-corrected chi connectivity index (χ3v) is 3.12. The molecule has 1 heterocycles. The molecule has 0 aromatic carbocycles. The van der Waals surface area contributed by atoms with Gasteiger partial charge in [-0.05, 0) is 22.6 Å². The minimum atomic E-state index is -4.34. The summed E-state index contributed by atoms with van der Waals surface area (Å²) >= 11 is 2.19. The van der Waals surface area contributed by atoms with Crippen molar-refractivity contribution in [3.05, 3.63) is 13.8 Å². The molecule has 0 radical (unpaired) electrons. The lowest BCUT2D eigenvalue weighted by Crippen LogP contribution is -2.00. The van der Waals surface area contributed by atoms with Crippen molar-refractivity contribution in [1.82, 2.24) is 0 Å². The van der Waals surface area contributed by atoms with E-state index in [-0.39, 0.29) is 8.63 Å². The Morgan fingerprint density at radius 1 is 1.45 bits per heavy atom. The zero-order valence-corrected chi connectivity index (χ0v) is 7.92. The van der Waals surface area contributed by atoms with Crippen LogP contribution in [0.1, 0.15) is 4.88 Å². The van der Waals surface area contributed by atoms with Crippen molar-refractivity contribution in [1.29, 1.82) is 0 Å². The van der Waals surface area contributed by atoms with Crippen molar-refractivity contribution in [2.45, 2.75) is 6.18 Å². The maximum absolute atomic E-state index is 11.9. The molecular formula is C5H2F3IOS. The van der Waals surface area contributed by atoms with Crippen LogP contribution in [0.5, 0.6) is 5.75 Å². The summed E-state index contributed by atoms with van der Waals surface area (Å²) in [6, 6.07) is 0.729. The summed E-state index contributed by atoms with van der Waals surface area (Å²) in [4.78, 5) is -0.764. The van der Waals surface area contributed by atoms with Crippen LogP contribution >= 0.6 is 33.9 Å². The van der Waals surface area contributed by atoms with Gasteiger partial charge in [0.2, 0.25) is 0 Å². The van der Waals surface area contributed by atoms with E-state index in [0.29, 0.717) is 11.3 Å². The van der Waals surface area contributed by atoms with Crippen LogP contribution in [0, 0.1) is 2.88 Å². The van der Waals surface area contributed by atoms with Crippen LogP contribution in [-0.4, -0.2) is 5.11 Å². The first-order valence-corrected chi connectivity index (χ1v) is 4.36. The summed E-state index contributed by atoms with van der Waals surface area (Å²) in [5.41, 5.74) is 0. The van der Waals surface area contributed by atoms with Crippen molar-refractivity contribution in [2.24, 2.45) is 0 Å². The van der Waals surface area contributed by atoms with Gasteiger partial charge in [-0.25, -0.2) is 0 Å². The van der Waals surface area contributed by atoms with Gasteiger partial charge in [0, 0.05) is 6.07 Å². The summed E-state index contributed by atoms with van der Waals surface area (Å²) in [5, 5.41) is 8.81. The summed E-state index contributed by atoms with van der Waals surface area (Å²) in [5.74, 6) is -0.303. The van der Waals surface area contributed by atoms with Gasteiger partial charge in [0.05, 0.1) is 0 Å². The zero-order valence-electron chi connectivity index (χ0n) is 4.94. The van der Waals surface area contributed by atoms with Crippen LogP contribution in [0.4, 0.5) is 13.2 Å². The van der Waals surface area contributed by atoms with Crippen LogP contribution in [-0.2, 0) is 6.18 Å². The zero-order chi connectivity index (χ0) is 8.65. The highest BCUT2D eigenvalue weighted by Crippen LogP contribution is 2.39. The molecule has 0 unspecified atom stereocenters. The fourth-order valence-electron chi connectivity index (χ4n) is 0.499. The fourth-order valence-corrected chi connectivity index (χ4v) is 2.01. The Morgan fingerprint density at radius 3 is 2.18 bits per heavy atom. The maximum Gasteiger partial charge on any atom is 0.425 e. The van der Waals surface area contributed by atoms with Gasteiger partial charge in [0.25, 0.3) is 0 Å². The highest BCUT2D eigenvalue weighted by Gasteiger charge is 2.33. The van der Waals surface area contributed by atoms with Gasteiger partial charge >= 0.3 is 6.18 Å². The average Bonchev–Trinajstić information content (AvgIpc) is 2.11. The molecule has 0 aliphatic rings. The van der Waals surface area contributed by atoms with Crippen molar-refractivity contribution < 1.29 is 18.3 Å². The van der Waals surface area contributed by atoms with Crippen LogP contribution in [0.3, 0.4) is 0 Å². The predicted octanol–water partition coefficient (Wildman–Crippen LogP) is 3.08. The molecule has 0 aliphatic heterocycles. The predicted molar refractivity (Wildman–Crippen MR) is 43.7 cm³/mol. The van der Waals surface area contributed by atoms with E-state index in [2.05, 4.69) is 0 Å². The molecular weight excluding hydrogens is 292 g/mol. The molecule has 0 saturated carbocycles. The second kappa shape index (κ2) is 2.81. The number of aromatic hydroxyl groups is 1. The third kappa shape index (κ3) is 1.98. The van der Waals surface area contributed by atoms with E-state index >= 15 is 0 Å². The first-order valence-electron chi connectivity index (χ1n) is 2.47. The van der Waals surface area contributed by atoms with Gasteiger partial charge in [0.1, 0.15) is 13.5 Å². The van der Waals surface area contributed by atoms with Gasteiger partial charge in [-0.3, -0.25) is 0 Å². The van der Waals surface area contributed by atoms with E-state index in [4.69, 9.17) is 5.11 Å². The largest absolute Gasteiger partial charge is 0.506 e. The molecule has 6 heteroatoms. The smallest absolute Gasteiger partial charge is 0.425 e. The SMILES string of the molecule is Oc1cc(C(F)(F)F)sc1I. The van der Waals surface area contributed by atoms with Gasteiger partial charge in [-0.1, -0.05) is 0 Å². The molecule has 1 aromatic heterocycles. The summed E-state index contributed by atoms with van der Waals surface area (Å²) in [7, 11) is 0. The maximum atomic E-state index is 11.9. The fraction of sp³-hybridized carbons (Fsp3) is 0.200. The monoisotopic (exact) mass is 294 g/mol. The molecule has 1 rings (SSSR count). The highest BCUT2D eigenvalue weighted by molar-refractivity contribution is 14.1. The summed E-state index contributed by atoms with van der Waals surface area (Å²) in [6.07, 6.45) is -4.34. The lowest BCUT2D eigenvalue weighted by Gasteiger charge is -1.99. The van der Waals surface area contributed by atoms with Gasteiger partial charge in [0.15, 0.2) is 0 Å². The molecule has 1 aromatic rings. The standard InChI is InChI=1S/C5H2F3IOS/c6-5(7,8)3-1-2(10)4(9)11-3/h1,10H. The molecule has 1 nitrogen and oxygen atoms in total. The molecule has 0 atom stereocenters. The Hall–Kier alpha value is 0.0200. The molecule has 0 fully saturated rings. The van der Waals surface area contributed by atoms with Crippen molar-refractivity contribution in [3.63, 3.8) is 0 Å². The first kappa shape index (κ1) is 9.11. The molecule has 0 amide bonds.